The van der Waals surface area contributed by atoms with Crippen molar-refractivity contribution < 1.29 is 13.7 Å². The lowest BCUT2D eigenvalue weighted by Crippen LogP contribution is -2.23. The van der Waals surface area contributed by atoms with Crippen LogP contribution in [0.5, 0.6) is 5.88 Å². The van der Waals surface area contributed by atoms with Crippen molar-refractivity contribution in [1.29, 1.82) is 0 Å². The number of fused-ring (bicyclic) bond motifs is 2. The van der Waals surface area contributed by atoms with Crippen molar-refractivity contribution in [3.05, 3.63) is 54.0 Å². The molecule has 0 bridgehead atoms. The minimum absolute atomic E-state index is 0.131. The van der Waals surface area contributed by atoms with Crippen LogP contribution in [0.25, 0.3) is 11.1 Å². The molecule has 0 fully saturated rings. The van der Waals surface area contributed by atoms with Gasteiger partial charge < -0.3 is 10.1 Å². The predicted octanol–water partition coefficient (Wildman–Crippen LogP) is 3.32. The van der Waals surface area contributed by atoms with E-state index in [4.69, 9.17) is 9.88 Å². The van der Waals surface area contributed by atoms with Gasteiger partial charge in [-0.3, -0.25) is 4.98 Å². The Morgan fingerprint density at radius 2 is 2.13 bits per heavy atom. The van der Waals surface area contributed by atoms with E-state index < -0.39 is 15.9 Å². The standard InChI is InChI=1S/C21H22N6O3S/c1-13-11-15-3-4-16(14-5-7-23-8-6-14)19(18(13)15)25-21(28)26-31(22,29)17-12-24-27-9-2-10-30-20(17)27/h3-8,12-13H,2,9-11H2,1H3,(H3,22,25,26,28,29). The number of nitrogens with one attached hydrogen (secondary N) is 1. The van der Waals surface area contributed by atoms with Crippen molar-refractivity contribution in [2.24, 2.45) is 9.50 Å². The van der Waals surface area contributed by atoms with Crippen molar-refractivity contribution >= 4 is 21.6 Å². The molecule has 2 aromatic heterocycles. The first-order chi connectivity index (χ1) is 14.9. The van der Waals surface area contributed by atoms with Crippen LogP contribution >= 0.6 is 0 Å². The maximum absolute atomic E-state index is 13.1. The summed E-state index contributed by atoms with van der Waals surface area (Å²) in [5, 5.41) is 13.0. The Hall–Kier alpha value is -3.24. The molecule has 9 nitrogen and oxygen atoms in total. The number of ether oxygens (including phenoxy) is 1. The van der Waals surface area contributed by atoms with E-state index in [1.165, 1.54) is 11.8 Å². The van der Waals surface area contributed by atoms with Crippen LogP contribution in [0.3, 0.4) is 0 Å². The van der Waals surface area contributed by atoms with Gasteiger partial charge in [-0.1, -0.05) is 19.1 Å². The van der Waals surface area contributed by atoms with E-state index in [0.717, 1.165) is 29.5 Å². The van der Waals surface area contributed by atoms with Gasteiger partial charge in [-0.2, -0.15) is 5.10 Å². The van der Waals surface area contributed by atoms with Crippen LogP contribution in [0.15, 0.2) is 52.1 Å². The van der Waals surface area contributed by atoms with Gasteiger partial charge >= 0.3 is 6.03 Å². The number of amides is 2. The van der Waals surface area contributed by atoms with E-state index in [9.17, 15) is 9.00 Å². The quantitative estimate of drug-likeness (QED) is 0.649. The molecule has 0 saturated heterocycles. The normalized spacial score (nSPS) is 18.6. The van der Waals surface area contributed by atoms with Crippen LogP contribution in [0.2, 0.25) is 0 Å². The first kappa shape index (κ1) is 19.7. The van der Waals surface area contributed by atoms with Crippen molar-refractivity contribution in [1.82, 2.24) is 14.8 Å². The molecule has 31 heavy (non-hydrogen) atoms. The number of nitrogens with two attached hydrogens (primary N) is 1. The second-order valence-corrected chi connectivity index (χ2v) is 9.49. The van der Waals surface area contributed by atoms with Crippen LogP contribution in [-0.2, 0) is 22.9 Å². The Kier molecular flexibility index (Phi) is 4.75. The van der Waals surface area contributed by atoms with E-state index in [1.54, 1.807) is 17.1 Å². The van der Waals surface area contributed by atoms with Crippen molar-refractivity contribution in [3.8, 4) is 17.0 Å². The summed E-state index contributed by atoms with van der Waals surface area (Å²) in [6, 6.07) is 7.02. The van der Waals surface area contributed by atoms with Gasteiger partial charge in [0.15, 0.2) is 9.92 Å². The lowest BCUT2D eigenvalue weighted by Gasteiger charge is -2.31. The fraction of sp³-hybridized carbons (Fsp3) is 0.286. The minimum atomic E-state index is -3.53. The molecule has 0 radical (unpaired) electrons. The monoisotopic (exact) mass is 438 g/mol. The van der Waals surface area contributed by atoms with Gasteiger partial charge in [-0.25, -0.2) is 18.8 Å². The topological polar surface area (TPSA) is 124 Å². The van der Waals surface area contributed by atoms with E-state index in [0.29, 0.717) is 30.6 Å². The number of carbonyl (C=O) groups excluding carboxylic acids is 1. The molecule has 2 aliphatic rings. The molecular formula is C21H22N6O3S. The third-order valence-corrected chi connectivity index (χ3v) is 6.97. The SMILES string of the molecule is CC1Cc2ccc(-c3ccncc3)c(NC(=O)N=S(N)(=O)c3cnn4c3OCCC4)c21. The average Bonchev–Trinajstić information content (AvgIpc) is 3.18. The number of aryl methyl sites for hydroxylation is 1. The van der Waals surface area contributed by atoms with Crippen molar-refractivity contribution in [3.63, 3.8) is 0 Å². The molecule has 3 aromatic rings. The van der Waals surface area contributed by atoms with E-state index >= 15 is 0 Å². The highest BCUT2D eigenvalue weighted by atomic mass is 32.2. The summed E-state index contributed by atoms with van der Waals surface area (Å²) in [6.45, 7) is 3.22. The highest BCUT2D eigenvalue weighted by molar-refractivity contribution is 7.91. The number of pyridine rings is 1. The average molecular weight is 439 g/mol. The number of hydrogen-bond donors (Lipinski definition) is 2. The fourth-order valence-corrected chi connectivity index (χ4v) is 5.16. The molecular weight excluding hydrogens is 416 g/mol. The number of anilines is 1. The number of benzene rings is 1. The lowest BCUT2D eigenvalue weighted by molar-refractivity contribution is 0.224. The van der Waals surface area contributed by atoms with Gasteiger partial charge in [0.05, 0.1) is 18.5 Å². The molecule has 1 aliphatic heterocycles. The predicted molar refractivity (Wildman–Crippen MR) is 116 cm³/mol. The number of carbonyl (C=O) groups is 1. The molecule has 5 rings (SSSR count). The van der Waals surface area contributed by atoms with Crippen molar-refractivity contribution in [2.45, 2.75) is 37.1 Å². The summed E-state index contributed by atoms with van der Waals surface area (Å²) >= 11 is 0. The van der Waals surface area contributed by atoms with Crippen LogP contribution in [0, 0.1) is 0 Å². The highest BCUT2D eigenvalue weighted by Gasteiger charge is 2.29. The third kappa shape index (κ3) is 3.47. The van der Waals surface area contributed by atoms with Gasteiger partial charge in [0, 0.05) is 30.9 Å². The van der Waals surface area contributed by atoms with E-state index in [-0.39, 0.29) is 4.90 Å². The fourth-order valence-electron chi connectivity index (χ4n) is 4.16. The molecule has 2 unspecified atom stereocenters. The molecule has 1 aromatic carbocycles. The van der Waals surface area contributed by atoms with E-state index in [1.807, 2.05) is 18.2 Å². The molecule has 2 atom stereocenters. The Bertz CT molecular complexity index is 1290. The number of rotatable bonds is 3. The zero-order valence-corrected chi connectivity index (χ0v) is 17.8. The van der Waals surface area contributed by atoms with Crippen molar-refractivity contribution in [2.75, 3.05) is 11.9 Å². The van der Waals surface area contributed by atoms with Gasteiger partial charge in [0.2, 0.25) is 5.88 Å². The Morgan fingerprint density at radius 3 is 2.90 bits per heavy atom. The molecule has 160 valence electrons. The second-order valence-electron chi connectivity index (χ2n) is 7.73. The van der Waals surface area contributed by atoms with Gasteiger partial charge in [0.25, 0.3) is 0 Å². The summed E-state index contributed by atoms with van der Waals surface area (Å²) in [4.78, 5) is 17.0. The lowest BCUT2D eigenvalue weighted by atomic mass is 9.76. The van der Waals surface area contributed by atoms with Crippen LogP contribution in [0.4, 0.5) is 10.5 Å². The number of nitrogens with zero attached hydrogens (tertiary/aromatic N) is 4. The highest BCUT2D eigenvalue weighted by Crippen LogP contribution is 2.45. The molecule has 10 heteroatoms. The summed E-state index contributed by atoms with van der Waals surface area (Å²) in [6.07, 6.45) is 6.50. The molecule has 1 aliphatic carbocycles. The zero-order valence-electron chi connectivity index (χ0n) is 16.9. The molecule has 2 amide bonds. The summed E-state index contributed by atoms with van der Waals surface area (Å²) < 4.78 is 24.1. The van der Waals surface area contributed by atoms with Gasteiger partial charge in [0.1, 0.15) is 4.90 Å². The molecule has 0 spiro atoms. The number of aromatic nitrogens is 3. The number of urea groups is 1. The van der Waals surface area contributed by atoms with Crippen LogP contribution < -0.4 is 15.2 Å². The first-order valence-electron chi connectivity index (χ1n) is 10.0. The molecule has 0 saturated carbocycles. The number of hydrogen-bond acceptors (Lipinski definition) is 5. The third-order valence-electron chi connectivity index (χ3n) is 5.62. The van der Waals surface area contributed by atoms with Crippen LogP contribution in [-0.4, -0.2) is 31.6 Å². The maximum atomic E-state index is 13.1. The Labute approximate surface area is 179 Å². The van der Waals surface area contributed by atoms with Gasteiger partial charge in [-0.05, 0) is 41.2 Å². The summed E-state index contributed by atoms with van der Waals surface area (Å²) in [5.41, 5.74) is 4.67. The minimum Gasteiger partial charge on any atom is -0.477 e. The zero-order chi connectivity index (χ0) is 21.6. The summed E-state index contributed by atoms with van der Waals surface area (Å²) in [5.74, 6) is 0.607. The summed E-state index contributed by atoms with van der Waals surface area (Å²) in [7, 11) is -3.53. The second kappa shape index (κ2) is 7.47. The molecule has 3 heterocycles. The largest absolute Gasteiger partial charge is 0.477 e. The van der Waals surface area contributed by atoms with E-state index in [2.05, 4.69) is 32.8 Å². The Morgan fingerprint density at radius 1 is 1.32 bits per heavy atom. The van der Waals surface area contributed by atoms with Crippen LogP contribution in [0.1, 0.15) is 30.4 Å². The molecule has 3 N–H and O–H groups in total. The van der Waals surface area contributed by atoms with Gasteiger partial charge in [-0.15, -0.1) is 4.36 Å². The smallest absolute Gasteiger partial charge is 0.354 e. The first-order valence-corrected chi connectivity index (χ1v) is 11.6. The Balaban J connectivity index is 1.52. The maximum Gasteiger partial charge on any atom is 0.354 e.